The first-order chi connectivity index (χ1) is 26.2. The van der Waals surface area contributed by atoms with Crippen LogP contribution in [0.15, 0.2) is 203 Å². The monoisotopic (exact) mass is 680 g/mol. The third kappa shape index (κ3) is 5.63. The number of hydrogen-bond acceptors (Lipinski definition) is 4. The zero-order valence-electron chi connectivity index (χ0n) is 28.7. The van der Waals surface area contributed by atoms with E-state index in [1.54, 1.807) is 0 Å². The smallest absolute Gasteiger partial charge is 0.227 e. The van der Waals surface area contributed by atoms with E-state index >= 15 is 0 Å². The largest absolute Gasteiger partial charge is 0.456 e. The Bertz CT molecular complexity index is 2860. The minimum atomic E-state index is 0.600. The molecule has 4 nitrogen and oxygen atoms in total. The Morgan fingerprint density at radius 3 is 1.53 bits per heavy atom. The van der Waals surface area contributed by atoms with E-state index in [0.29, 0.717) is 5.89 Å². The van der Waals surface area contributed by atoms with Gasteiger partial charge in [0.15, 0.2) is 5.58 Å². The number of hydrogen-bond donors (Lipinski definition) is 0. The van der Waals surface area contributed by atoms with E-state index < -0.39 is 0 Å². The minimum absolute atomic E-state index is 0.600. The molecule has 4 heteroatoms. The molecule has 0 radical (unpaired) electrons. The van der Waals surface area contributed by atoms with E-state index in [-0.39, 0.29) is 0 Å². The van der Waals surface area contributed by atoms with Crippen LogP contribution in [0.4, 0.5) is 17.1 Å². The number of rotatable bonds is 7. The van der Waals surface area contributed by atoms with Crippen LogP contribution in [0.1, 0.15) is 0 Å². The fourth-order valence-electron chi connectivity index (χ4n) is 7.27. The van der Waals surface area contributed by atoms with Crippen molar-refractivity contribution in [2.24, 2.45) is 0 Å². The molecule has 0 spiro atoms. The molecular formula is C49H32N2O2. The summed E-state index contributed by atoms with van der Waals surface area (Å²) in [7, 11) is 0. The summed E-state index contributed by atoms with van der Waals surface area (Å²) in [6.07, 6.45) is 0. The van der Waals surface area contributed by atoms with E-state index in [0.717, 1.165) is 66.8 Å². The van der Waals surface area contributed by atoms with Crippen LogP contribution in [0.25, 0.3) is 77.9 Å². The standard InChI is InChI=1S/C49H32N2O2/c1-4-11-33(12-5-1)35-19-24-40(25-20-35)51(42-18-10-17-38(31-42)34-13-6-2-7-14-34)41-26-21-36(22-27-41)39-23-29-45-43(32-39)47-46(52-45)30-28-44-48(47)53-49(50-44)37-15-8-3-9-16-37/h1-32H. The van der Waals surface area contributed by atoms with Crippen LogP contribution in [0.2, 0.25) is 0 Å². The van der Waals surface area contributed by atoms with Gasteiger partial charge in [-0.2, -0.15) is 0 Å². The molecule has 10 rings (SSSR count). The van der Waals surface area contributed by atoms with Crippen molar-refractivity contribution in [3.8, 4) is 44.8 Å². The summed E-state index contributed by atoms with van der Waals surface area (Å²) in [4.78, 5) is 7.13. The van der Waals surface area contributed by atoms with Gasteiger partial charge in [0.25, 0.3) is 0 Å². The molecule has 0 aliphatic carbocycles. The molecule has 0 unspecified atom stereocenters. The number of oxazole rings is 1. The molecule has 0 fully saturated rings. The Hall–Kier alpha value is -7.17. The molecule has 250 valence electrons. The highest BCUT2D eigenvalue weighted by molar-refractivity contribution is 6.17. The Morgan fingerprint density at radius 1 is 0.358 bits per heavy atom. The Kier molecular flexibility index (Phi) is 7.43. The molecular weight excluding hydrogens is 649 g/mol. The second-order valence-corrected chi connectivity index (χ2v) is 13.2. The molecule has 0 amide bonds. The summed E-state index contributed by atoms with van der Waals surface area (Å²) >= 11 is 0. The third-order valence-corrected chi connectivity index (χ3v) is 9.91. The van der Waals surface area contributed by atoms with Crippen molar-refractivity contribution < 1.29 is 8.83 Å². The first kappa shape index (κ1) is 30.6. The number of furan rings is 1. The summed E-state index contributed by atoms with van der Waals surface area (Å²) in [5, 5.41) is 1.94. The molecule has 0 aliphatic heterocycles. The third-order valence-electron chi connectivity index (χ3n) is 9.91. The predicted molar refractivity (Wildman–Crippen MR) is 218 cm³/mol. The quantitative estimate of drug-likeness (QED) is 0.168. The average Bonchev–Trinajstić information content (AvgIpc) is 3.84. The number of aromatic nitrogens is 1. The van der Waals surface area contributed by atoms with Crippen LogP contribution in [0, 0.1) is 0 Å². The molecule has 2 aromatic heterocycles. The van der Waals surface area contributed by atoms with Crippen LogP contribution in [-0.2, 0) is 0 Å². The predicted octanol–water partition coefficient (Wildman–Crippen LogP) is 13.9. The first-order valence-corrected chi connectivity index (χ1v) is 17.8. The van der Waals surface area contributed by atoms with E-state index in [4.69, 9.17) is 13.8 Å². The highest BCUT2D eigenvalue weighted by Gasteiger charge is 2.18. The molecule has 53 heavy (non-hydrogen) atoms. The van der Waals surface area contributed by atoms with Crippen LogP contribution in [-0.4, -0.2) is 4.98 Å². The van der Waals surface area contributed by atoms with E-state index in [1.807, 2.05) is 42.5 Å². The summed E-state index contributed by atoms with van der Waals surface area (Å²) < 4.78 is 12.7. The van der Waals surface area contributed by atoms with Crippen molar-refractivity contribution in [1.82, 2.24) is 4.98 Å². The lowest BCUT2D eigenvalue weighted by Gasteiger charge is -2.26. The number of anilines is 3. The van der Waals surface area contributed by atoms with Crippen LogP contribution in [0.3, 0.4) is 0 Å². The Balaban J connectivity index is 1.05. The number of benzene rings is 8. The maximum Gasteiger partial charge on any atom is 0.227 e. The normalized spacial score (nSPS) is 11.4. The van der Waals surface area contributed by atoms with Crippen molar-refractivity contribution in [1.29, 1.82) is 0 Å². The fourth-order valence-corrected chi connectivity index (χ4v) is 7.27. The van der Waals surface area contributed by atoms with Gasteiger partial charge in [0, 0.05) is 28.0 Å². The maximum atomic E-state index is 6.40. The molecule has 0 saturated heterocycles. The van der Waals surface area contributed by atoms with Crippen LogP contribution < -0.4 is 4.90 Å². The zero-order valence-corrected chi connectivity index (χ0v) is 28.7. The summed E-state index contributed by atoms with van der Waals surface area (Å²) in [5.41, 5.74) is 14.3. The van der Waals surface area contributed by atoms with Gasteiger partial charge in [-0.3, -0.25) is 0 Å². The number of fused-ring (bicyclic) bond motifs is 5. The first-order valence-electron chi connectivity index (χ1n) is 17.8. The SMILES string of the molecule is c1ccc(-c2ccc(N(c3ccc(-c4ccc5oc6ccc7nc(-c8ccccc8)oc7c6c5c4)cc3)c3cccc(-c4ccccc4)c3)cc2)cc1. The molecule has 0 atom stereocenters. The summed E-state index contributed by atoms with van der Waals surface area (Å²) in [6, 6.07) is 67.7. The van der Waals surface area contributed by atoms with Crippen molar-refractivity contribution in [2.75, 3.05) is 4.90 Å². The fraction of sp³-hybridized carbons (Fsp3) is 0. The van der Waals surface area contributed by atoms with Gasteiger partial charge in [-0.1, -0.05) is 121 Å². The maximum absolute atomic E-state index is 6.40. The highest BCUT2D eigenvalue weighted by atomic mass is 16.4. The molecule has 2 heterocycles. The molecule has 0 bridgehead atoms. The zero-order chi connectivity index (χ0) is 35.1. The van der Waals surface area contributed by atoms with Crippen molar-refractivity contribution in [3.05, 3.63) is 194 Å². The minimum Gasteiger partial charge on any atom is -0.456 e. The molecule has 8 aromatic carbocycles. The van der Waals surface area contributed by atoms with Gasteiger partial charge in [0.2, 0.25) is 5.89 Å². The van der Waals surface area contributed by atoms with Gasteiger partial charge in [0.05, 0.1) is 5.39 Å². The Labute approximate surface area is 306 Å². The van der Waals surface area contributed by atoms with Gasteiger partial charge >= 0.3 is 0 Å². The molecule has 0 aliphatic rings. The number of nitrogens with zero attached hydrogens (tertiary/aromatic N) is 2. The van der Waals surface area contributed by atoms with Crippen molar-refractivity contribution >= 4 is 50.1 Å². The van der Waals surface area contributed by atoms with Gasteiger partial charge in [-0.15, -0.1) is 0 Å². The molecule has 0 N–H and O–H groups in total. The lowest BCUT2D eigenvalue weighted by Crippen LogP contribution is -2.10. The lowest BCUT2D eigenvalue weighted by molar-refractivity contribution is 0.622. The van der Waals surface area contributed by atoms with Crippen molar-refractivity contribution in [3.63, 3.8) is 0 Å². The summed E-state index contributed by atoms with van der Waals surface area (Å²) in [5.74, 6) is 0.600. The lowest BCUT2D eigenvalue weighted by atomic mass is 10.0. The van der Waals surface area contributed by atoms with Crippen LogP contribution in [0.5, 0.6) is 0 Å². The molecule has 10 aromatic rings. The van der Waals surface area contributed by atoms with E-state index in [2.05, 4.69) is 157 Å². The second kappa shape index (κ2) is 12.9. The van der Waals surface area contributed by atoms with Gasteiger partial charge < -0.3 is 13.7 Å². The summed E-state index contributed by atoms with van der Waals surface area (Å²) in [6.45, 7) is 0. The van der Waals surface area contributed by atoms with Gasteiger partial charge in [-0.25, -0.2) is 4.98 Å². The second-order valence-electron chi connectivity index (χ2n) is 13.2. The van der Waals surface area contributed by atoms with Gasteiger partial charge in [-0.05, 0) is 106 Å². The van der Waals surface area contributed by atoms with Crippen molar-refractivity contribution in [2.45, 2.75) is 0 Å². The molecule has 0 saturated carbocycles. The van der Waals surface area contributed by atoms with E-state index in [9.17, 15) is 0 Å². The Morgan fingerprint density at radius 2 is 0.868 bits per heavy atom. The highest BCUT2D eigenvalue weighted by Crippen LogP contribution is 2.41. The van der Waals surface area contributed by atoms with Gasteiger partial charge in [0.1, 0.15) is 16.7 Å². The van der Waals surface area contributed by atoms with E-state index in [1.165, 1.54) is 22.3 Å². The topological polar surface area (TPSA) is 42.4 Å². The van der Waals surface area contributed by atoms with Crippen LogP contribution >= 0.6 is 0 Å². The average molecular weight is 681 g/mol.